The number of rotatable bonds is 6. The number of hydrogen-bond acceptors (Lipinski definition) is 2. The van der Waals surface area contributed by atoms with Crippen molar-refractivity contribution < 1.29 is 4.74 Å². The van der Waals surface area contributed by atoms with Gasteiger partial charge in [0, 0.05) is 18.1 Å². The molecule has 0 spiro atoms. The van der Waals surface area contributed by atoms with Gasteiger partial charge in [-0.3, -0.25) is 0 Å². The minimum absolute atomic E-state index is 0. The lowest BCUT2D eigenvalue weighted by atomic mass is 10.1. The Morgan fingerprint density at radius 3 is 2.81 bits per heavy atom. The predicted molar refractivity (Wildman–Crippen MR) is 71.2 cm³/mol. The van der Waals surface area contributed by atoms with Crippen molar-refractivity contribution in [2.75, 3.05) is 6.61 Å². The van der Waals surface area contributed by atoms with Gasteiger partial charge in [-0.05, 0) is 24.1 Å². The molecule has 0 saturated heterocycles. The lowest BCUT2D eigenvalue weighted by Gasteiger charge is -2.12. The third kappa shape index (κ3) is 6.33. The molecule has 2 nitrogen and oxygen atoms in total. The molecule has 0 saturated carbocycles. The van der Waals surface area contributed by atoms with E-state index in [0.717, 1.165) is 30.0 Å². The summed E-state index contributed by atoms with van der Waals surface area (Å²) in [6, 6.07) is 7.71. The zero-order valence-electron chi connectivity index (χ0n) is 9.49. The summed E-state index contributed by atoms with van der Waals surface area (Å²) >= 11 is 5.87. The molecule has 0 bridgehead atoms. The van der Waals surface area contributed by atoms with E-state index in [4.69, 9.17) is 22.1 Å². The summed E-state index contributed by atoms with van der Waals surface area (Å²) < 4.78 is 5.46. The molecule has 1 aromatic carbocycles. The van der Waals surface area contributed by atoms with Crippen molar-refractivity contribution in [1.29, 1.82) is 0 Å². The smallest absolute Gasteiger partial charge is 0.109 e. The number of unbranched alkanes of at least 4 members (excludes halogenated alkanes) is 1. The SMILES string of the molecule is CCCCOC(N)Cc1cccc(Cl)c1.Cl. The molecule has 0 fully saturated rings. The highest BCUT2D eigenvalue weighted by molar-refractivity contribution is 6.30. The van der Waals surface area contributed by atoms with E-state index in [1.54, 1.807) is 0 Å². The molecule has 92 valence electrons. The average molecular weight is 264 g/mol. The fraction of sp³-hybridized carbons (Fsp3) is 0.500. The second-order valence-corrected chi connectivity index (χ2v) is 4.03. The zero-order valence-corrected chi connectivity index (χ0v) is 11.1. The van der Waals surface area contributed by atoms with Crippen molar-refractivity contribution in [1.82, 2.24) is 0 Å². The van der Waals surface area contributed by atoms with Crippen LogP contribution in [0.5, 0.6) is 0 Å². The van der Waals surface area contributed by atoms with Crippen LogP contribution in [-0.2, 0) is 11.2 Å². The first-order valence-electron chi connectivity index (χ1n) is 5.34. The van der Waals surface area contributed by atoms with Crippen LogP contribution in [0, 0.1) is 0 Å². The van der Waals surface area contributed by atoms with Gasteiger partial charge in [-0.25, -0.2) is 0 Å². The Morgan fingerprint density at radius 2 is 2.19 bits per heavy atom. The first kappa shape index (κ1) is 15.7. The number of halogens is 2. The average Bonchev–Trinajstić information content (AvgIpc) is 2.18. The van der Waals surface area contributed by atoms with Crippen molar-refractivity contribution in [2.24, 2.45) is 5.73 Å². The summed E-state index contributed by atoms with van der Waals surface area (Å²) in [5, 5.41) is 0.744. The van der Waals surface area contributed by atoms with E-state index in [-0.39, 0.29) is 18.6 Å². The topological polar surface area (TPSA) is 35.2 Å². The third-order valence-electron chi connectivity index (χ3n) is 2.16. The van der Waals surface area contributed by atoms with Crippen LogP contribution in [0.3, 0.4) is 0 Å². The van der Waals surface area contributed by atoms with Crippen molar-refractivity contribution in [3.8, 4) is 0 Å². The van der Waals surface area contributed by atoms with E-state index in [9.17, 15) is 0 Å². The fourth-order valence-electron chi connectivity index (χ4n) is 1.33. The van der Waals surface area contributed by atoms with Crippen LogP contribution in [0.25, 0.3) is 0 Å². The molecule has 0 aliphatic rings. The quantitative estimate of drug-likeness (QED) is 0.631. The van der Waals surface area contributed by atoms with E-state index >= 15 is 0 Å². The number of nitrogens with two attached hydrogens (primary N) is 1. The van der Waals surface area contributed by atoms with E-state index < -0.39 is 0 Å². The minimum atomic E-state index is -0.227. The van der Waals surface area contributed by atoms with Crippen LogP contribution in [0.4, 0.5) is 0 Å². The summed E-state index contributed by atoms with van der Waals surface area (Å²) in [7, 11) is 0. The van der Waals surface area contributed by atoms with Crippen LogP contribution in [0.15, 0.2) is 24.3 Å². The Balaban J connectivity index is 0.00000225. The molecule has 0 aromatic heterocycles. The third-order valence-corrected chi connectivity index (χ3v) is 2.39. The van der Waals surface area contributed by atoms with E-state index in [2.05, 4.69) is 6.92 Å². The summed E-state index contributed by atoms with van der Waals surface area (Å²) in [4.78, 5) is 0. The fourth-order valence-corrected chi connectivity index (χ4v) is 1.55. The number of benzene rings is 1. The van der Waals surface area contributed by atoms with Crippen LogP contribution in [-0.4, -0.2) is 12.8 Å². The molecule has 0 radical (unpaired) electrons. The van der Waals surface area contributed by atoms with Gasteiger partial charge in [0.2, 0.25) is 0 Å². The highest BCUT2D eigenvalue weighted by Crippen LogP contribution is 2.12. The zero-order chi connectivity index (χ0) is 11.1. The summed E-state index contributed by atoms with van der Waals surface area (Å²) in [5.74, 6) is 0. The number of ether oxygens (including phenoxy) is 1. The number of hydrogen-bond donors (Lipinski definition) is 1. The first-order valence-corrected chi connectivity index (χ1v) is 5.71. The first-order chi connectivity index (χ1) is 7.22. The van der Waals surface area contributed by atoms with Gasteiger partial charge in [-0.15, -0.1) is 12.4 Å². The molecule has 1 aromatic rings. The Labute approximate surface area is 109 Å². The molecule has 1 rings (SSSR count). The minimum Gasteiger partial charge on any atom is -0.363 e. The van der Waals surface area contributed by atoms with Gasteiger partial charge in [0.25, 0.3) is 0 Å². The van der Waals surface area contributed by atoms with Gasteiger partial charge in [0.15, 0.2) is 0 Å². The van der Waals surface area contributed by atoms with Gasteiger partial charge >= 0.3 is 0 Å². The van der Waals surface area contributed by atoms with Crippen molar-refractivity contribution in [2.45, 2.75) is 32.4 Å². The largest absolute Gasteiger partial charge is 0.363 e. The molecule has 0 aliphatic carbocycles. The maximum Gasteiger partial charge on any atom is 0.109 e. The Hall–Kier alpha value is -0.280. The van der Waals surface area contributed by atoms with Gasteiger partial charge in [-0.2, -0.15) is 0 Å². The normalized spacial score (nSPS) is 11.9. The van der Waals surface area contributed by atoms with Crippen molar-refractivity contribution in [3.63, 3.8) is 0 Å². The lowest BCUT2D eigenvalue weighted by molar-refractivity contribution is 0.0562. The van der Waals surface area contributed by atoms with Gasteiger partial charge in [-0.1, -0.05) is 37.1 Å². The van der Waals surface area contributed by atoms with Crippen molar-refractivity contribution >= 4 is 24.0 Å². The Kier molecular flexibility index (Phi) is 8.67. The summed E-state index contributed by atoms with van der Waals surface area (Å²) in [6.45, 7) is 2.87. The summed E-state index contributed by atoms with van der Waals surface area (Å²) in [6.07, 6.45) is 2.67. The second-order valence-electron chi connectivity index (χ2n) is 3.60. The Bertz CT molecular complexity index is 294. The van der Waals surface area contributed by atoms with Gasteiger partial charge in [0.1, 0.15) is 6.23 Å². The molecule has 4 heteroatoms. The van der Waals surface area contributed by atoms with Crippen LogP contribution in [0.1, 0.15) is 25.3 Å². The van der Waals surface area contributed by atoms with E-state index in [0.29, 0.717) is 6.42 Å². The van der Waals surface area contributed by atoms with Gasteiger partial charge < -0.3 is 10.5 Å². The molecule has 2 N–H and O–H groups in total. The van der Waals surface area contributed by atoms with Crippen LogP contribution < -0.4 is 5.73 Å². The van der Waals surface area contributed by atoms with Crippen LogP contribution >= 0.6 is 24.0 Å². The molecule has 0 amide bonds. The lowest BCUT2D eigenvalue weighted by Crippen LogP contribution is -2.26. The standard InChI is InChI=1S/C12H18ClNO.ClH/c1-2-3-7-15-12(14)9-10-5-4-6-11(13)8-10;/h4-6,8,12H,2-3,7,9,14H2,1H3;1H. The van der Waals surface area contributed by atoms with E-state index in [1.807, 2.05) is 24.3 Å². The monoisotopic (exact) mass is 263 g/mol. The Morgan fingerprint density at radius 1 is 1.44 bits per heavy atom. The molecular weight excluding hydrogens is 245 g/mol. The van der Waals surface area contributed by atoms with Gasteiger partial charge in [0.05, 0.1) is 0 Å². The molecule has 16 heavy (non-hydrogen) atoms. The van der Waals surface area contributed by atoms with E-state index in [1.165, 1.54) is 0 Å². The molecule has 0 heterocycles. The highest BCUT2D eigenvalue weighted by atomic mass is 35.5. The second kappa shape index (κ2) is 8.82. The molecule has 0 aliphatic heterocycles. The van der Waals surface area contributed by atoms with Crippen molar-refractivity contribution in [3.05, 3.63) is 34.9 Å². The van der Waals surface area contributed by atoms with Crippen LogP contribution in [0.2, 0.25) is 5.02 Å². The molecule has 1 unspecified atom stereocenters. The predicted octanol–water partition coefficient (Wildman–Crippen LogP) is 3.41. The molecular formula is C12H19Cl2NO. The maximum atomic E-state index is 5.87. The highest BCUT2D eigenvalue weighted by Gasteiger charge is 2.03. The molecule has 1 atom stereocenters. The summed E-state index contributed by atoms with van der Waals surface area (Å²) in [5.41, 5.74) is 6.95. The maximum absolute atomic E-state index is 5.87.